The zero-order chi connectivity index (χ0) is 23.4. The van der Waals surface area contributed by atoms with Crippen molar-refractivity contribution in [2.24, 2.45) is 5.73 Å². The number of primary amides is 1. The van der Waals surface area contributed by atoms with E-state index in [1.165, 1.54) is 16.8 Å². The van der Waals surface area contributed by atoms with Gasteiger partial charge in [0.15, 0.2) is 5.65 Å². The molecule has 1 unspecified atom stereocenters. The van der Waals surface area contributed by atoms with Gasteiger partial charge >= 0.3 is 6.61 Å². The van der Waals surface area contributed by atoms with Crippen molar-refractivity contribution in [2.75, 3.05) is 0 Å². The third-order valence-corrected chi connectivity index (χ3v) is 5.33. The predicted octanol–water partition coefficient (Wildman–Crippen LogP) is 3.25. The van der Waals surface area contributed by atoms with Gasteiger partial charge in [0.25, 0.3) is 5.91 Å². The van der Waals surface area contributed by atoms with E-state index < -0.39 is 18.6 Å². The fraction of sp³-hybridized carbons (Fsp3) is 0.364. The highest BCUT2D eigenvalue weighted by atomic mass is 19.3. The number of carbonyl (C=O) groups excluding carboxylic acids is 2. The number of para-hydroxylation sites is 1. The lowest BCUT2D eigenvalue weighted by Crippen LogP contribution is -2.29. The summed E-state index contributed by atoms with van der Waals surface area (Å²) >= 11 is 0. The summed E-state index contributed by atoms with van der Waals surface area (Å²) in [5.74, 6) is -0.805. The zero-order valence-corrected chi connectivity index (χ0v) is 18.1. The molecule has 0 bridgehead atoms. The second-order valence-electron chi connectivity index (χ2n) is 7.36. The van der Waals surface area contributed by atoms with Gasteiger partial charge in [-0.15, -0.1) is 0 Å². The van der Waals surface area contributed by atoms with Crippen molar-refractivity contribution in [1.82, 2.24) is 19.9 Å². The van der Waals surface area contributed by atoms with Crippen molar-refractivity contribution in [3.8, 4) is 5.75 Å². The molecule has 0 aliphatic heterocycles. The van der Waals surface area contributed by atoms with Crippen LogP contribution >= 0.6 is 0 Å². The van der Waals surface area contributed by atoms with Gasteiger partial charge in [0.2, 0.25) is 5.91 Å². The van der Waals surface area contributed by atoms with Crippen LogP contribution in [0.4, 0.5) is 8.78 Å². The monoisotopic (exact) mass is 445 g/mol. The standard InChI is InChI=1S/C22H25F2N5O3/c1-4-17(15-7-5-6-8-18(15)32-22(23)24)28-19(30)10-9-14-12(2)27-21-16(20(25)31)11-26-29(21)13(14)3/h5-8,11,17,22H,4,9-10H2,1-3H3,(H2,25,31)(H,28,30). The SMILES string of the molecule is CCC(NC(=O)CCc1c(C)nc2c(C(N)=O)cnn2c1C)c1ccccc1OC(F)F. The van der Waals surface area contributed by atoms with Gasteiger partial charge in [-0.1, -0.05) is 25.1 Å². The maximum Gasteiger partial charge on any atom is 0.387 e. The van der Waals surface area contributed by atoms with Gasteiger partial charge in [0.1, 0.15) is 11.3 Å². The number of aromatic nitrogens is 3. The molecule has 170 valence electrons. The third kappa shape index (κ3) is 4.84. The second kappa shape index (κ2) is 9.71. The largest absolute Gasteiger partial charge is 0.434 e. The number of rotatable bonds is 9. The Balaban J connectivity index is 1.75. The summed E-state index contributed by atoms with van der Waals surface area (Å²) in [4.78, 5) is 28.7. The van der Waals surface area contributed by atoms with Crippen molar-refractivity contribution in [1.29, 1.82) is 0 Å². The van der Waals surface area contributed by atoms with E-state index >= 15 is 0 Å². The molecule has 0 radical (unpaired) electrons. The van der Waals surface area contributed by atoms with Crippen LogP contribution in [-0.4, -0.2) is 33.0 Å². The van der Waals surface area contributed by atoms with Crippen LogP contribution in [0.1, 0.15) is 58.7 Å². The van der Waals surface area contributed by atoms with Crippen LogP contribution in [0.3, 0.4) is 0 Å². The summed E-state index contributed by atoms with van der Waals surface area (Å²) in [6.45, 7) is 2.53. The minimum Gasteiger partial charge on any atom is -0.434 e. The van der Waals surface area contributed by atoms with Gasteiger partial charge in [-0.05, 0) is 38.3 Å². The van der Waals surface area contributed by atoms with Crippen molar-refractivity contribution < 1.29 is 23.1 Å². The molecule has 3 aromatic rings. The molecule has 3 N–H and O–H groups in total. The molecule has 8 nitrogen and oxygen atoms in total. The number of nitrogens with one attached hydrogen (secondary N) is 1. The molecule has 0 saturated heterocycles. The Morgan fingerprint density at radius 3 is 2.62 bits per heavy atom. The third-order valence-electron chi connectivity index (χ3n) is 5.33. The predicted molar refractivity (Wildman–Crippen MR) is 114 cm³/mol. The lowest BCUT2D eigenvalue weighted by molar-refractivity contribution is -0.121. The summed E-state index contributed by atoms with van der Waals surface area (Å²) in [6, 6.07) is 5.95. The van der Waals surface area contributed by atoms with Crippen LogP contribution < -0.4 is 15.8 Å². The molecule has 1 atom stereocenters. The zero-order valence-electron chi connectivity index (χ0n) is 18.1. The first-order valence-corrected chi connectivity index (χ1v) is 10.2. The molecule has 0 fully saturated rings. The van der Waals surface area contributed by atoms with Crippen molar-refractivity contribution in [2.45, 2.75) is 52.7 Å². The highest BCUT2D eigenvalue weighted by molar-refractivity contribution is 5.98. The number of ether oxygens (including phenoxy) is 1. The van der Waals surface area contributed by atoms with Crippen molar-refractivity contribution >= 4 is 17.5 Å². The summed E-state index contributed by atoms with van der Waals surface area (Å²) in [5, 5.41) is 7.07. The Hall–Kier alpha value is -3.56. The summed E-state index contributed by atoms with van der Waals surface area (Å²) < 4.78 is 31.6. The Bertz CT molecular complexity index is 1150. The van der Waals surface area contributed by atoms with Gasteiger partial charge in [-0.25, -0.2) is 9.50 Å². The molecular formula is C22H25F2N5O3. The number of carbonyl (C=O) groups is 2. The van der Waals surface area contributed by atoms with E-state index in [0.717, 1.165) is 11.3 Å². The Labute approximate surface area is 183 Å². The fourth-order valence-corrected chi connectivity index (χ4v) is 3.72. The highest BCUT2D eigenvalue weighted by Gasteiger charge is 2.20. The molecule has 2 amide bonds. The van der Waals surface area contributed by atoms with E-state index in [0.29, 0.717) is 29.7 Å². The molecule has 0 spiro atoms. The van der Waals surface area contributed by atoms with Gasteiger partial charge in [-0.2, -0.15) is 13.9 Å². The second-order valence-corrected chi connectivity index (χ2v) is 7.36. The molecule has 0 aliphatic carbocycles. The number of hydrogen-bond acceptors (Lipinski definition) is 5. The number of nitrogens with two attached hydrogens (primary N) is 1. The lowest BCUT2D eigenvalue weighted by atomic mass is 10.0. The maximum absolute atomic E-state index is 12.7. The number of alkyl halides is 2. The van der Waals surface area contributed by atoms with Crippen molar-refractivity contribution in [3.05, 3.63) is 58.5 Å². The van der Waals surface area contributed by atoms with Gasteiger partial charge in [0, 0.05) is 23.4 Å². The topological polar surface area (TPSA) is 112 Å². The van der Waals surface area contributed by atoms with Gasteiger partial charge < -0.3 is 15.8 Å². The molecule has 32 heavy (non-hydrogen) atoms. The van der Waals surface area contributed by atoms with Crippen LogP contribution in [0.25, 0.3) is 5.65 Å². The van der Waals surface area contributed by atoms with Gasteiger partial charge in [-0.3, -0.25) is 9.59 Å². The molecule has 1 aromatic carbocycles. The Morgan fingerprint density at radius 1 is 1.25 bits per heavy atom. The number of hydrogen-bond donors (Lipinski definition) is 2. The smallest absolute Gasteiger partial charge is 0.387 e. The van der Waals surface area contributed by atoms with Crippen molar-refractivity contribution in [3.63, 3.8) is 0 Å². The van der Waals surface area contributed by atoms with E-state index in [9.17, 15) is 18.4 Å². The van der Waals surface area contributed by atoms with Gasteiger partial charge in [0.05, 0.1) is 12.2 Å². The molecular weight excluding hydrogens is 420 g/mol. The lowest BCUT2D eigenvalue weighted by Gasteiger charge is -2.21. The number of nitrogens with zero attached hydrogens (tertiary/aromatic N) is 3. The summed E-state index contributed by atoms with van der Waals surface area (Å²) in [6.07, 6.45) is 2.43. The maximum atomic E-state index is 12.7. The van der Waals surface area contributed by atoms with Crippen LogP contribution in [0, 0.1) is 13.8 Å². The number of aryl methyl sites for hydroxylation is 2. The number of benzene rings is 1. The number of amides is 2. The first kappa shape index (κ1) is 23.1. The van der Waals surface area contributed by atoms with Crippen LogP contribution in [-0.2, 0) is 11.2 Å². The Kier molecular flexibility index (Phi) is 7.01. The first-order chi connectivity index (χ1) is 15.2. The van der Waals surface area contributed by atoms with Crippen LogP contribution in [0.5, 0.6) is 5.75 Å². The minimum atomic E-state index is -2.95. The van der Waals surface area contributed by atoms with E-state index in [1.807, 2.05) is 13.8 Å². The quantitative estimate of drug-likeness (QED) is 0.525. The molecule has 3 rings (SSSR count). The molecule has 2 aromatic heterocycles. The molecule has 0 aliphatic rings. The van der Waals surface area contributed by atoms with E-state index in [2.05, 4.69) is 20.1 Å². The molecule has 0 saturated carbocycles. The summed E-state index contributed by atoms with van der Waals surface area (Å²) in [5.41, 5.74) is 8.74. The number of fused-ring (bicyclic) bond motifs is 1. The summed E-state index contributed by atoms with van der Waals surface area (Å²) in [7, 11) is 0. The number of halogens is 2. The molecule has 2 heterocycles. The average Bonchev–Trinajstić information content (AvgIpc) is 3.16. The van der Waals surface area contributed by atoms with E-state index in [1.54, 1.807) is 25.1 Å². The van der Waals surface area contributed by atoms with E-state index in [-0.39, 0.29) is 23.6 Å². The molecule has 10 heteroatoms. The minimum absolute atomic E-state index is 0.0416. The van der Waals surface area contributed by atoms with E-state index in [4.69, 9.17) is 5.73 Å². The van der Waals surface area contributed by atoms with Crippen LogP contribution in [0.2, 0.25) is 0 Å². The average molecular weight is 445 g/mol. The fourth-order valence-electron chi connectivity index (χ4n) is 3.72. The Morgan fingerprint density at radius 2 is 1.97 bits per heavy atom. The first-order valence-electron chi connectivity index (χ1n) is 10.2. The normalized spacial score (nSPS) is 12.2. The highest BCUT2D eigenvalue weighted by Crippen LogP contribution is 2.28. The van der Waals surface area contributed by atoms with Crippen LogP contribution in [0.15, 0.2) is 30.5 Å².